The van der Waals surface area contributed by atoms with Gasteiger partial charge in [-0.15, -0.1) is 11.3 Å². The van der Waals surface area contributed by atoms with E-state index in [-0.39, 0.29) is 18.0 Å². The number of aryl methyl sites for hydroxylation is 2. The van der Waals surface area contributed by atoms with Crippen LogP contribution in [0.2, 0.25) is 0 Å². The molecule has 1 amide bonds. The van der Waals surface area contributed by atoms with E-state index in [1.807, 2.05) is 67.8 Å². The third kappa shape index (κ3) is 4.21. The Hall–Kier alpha value is -3.58. The Bertz CT molecular complexity index is 1260. The number of amides is 1. The molecular formula is C23H20N4O2S. The number of rotatable bonds is 5. The number of nitrogens with one attached hydrogen (secondary N) is 1. The minimum atomic E-state index is -0.297. The van der Waals surface area contributed by atoms with Gasteiger partial charge in [-0.3, -0.25) is 14.2 Å². The van der Waals surface area contributed by atoms with Gasteiger partial charge in [0.05, 0.1) is 17.6 Å². The van der Waals surface area contributed by atoms with Crippen LogP contribution in [-0.4, -0.2) is 20.4 Å². The van der Waals surface area contributed by atoms with Crippen molar-refractivity contribution in [1.29, 1.82) is 0 Å². The molecule has 2 aromatic heterocycles. The Balaban J connectivity index is 1.55. The van der Waals surface area contributed by atoms with Gasteiger partial charge < -0.3 is 5.32 Å². The molecule has 0 atom stereocenters. The third-order valence-electron chi connectivity index (χ3n) is 4.81. The third-order valence-corrected chi connectivity index (χ3v) is 5.69. The van der Waals surface area contributed by atoms with Crippen LogP contribution in [0.25, 0.3) is 21.8 Å². The molecule has 7 heteroatoms. The standard InChI is InChI=1S/C23H20N4O2S/c1-15-8-9-18(10-16(15)2)25-21(28)12-27-14-24-11-19(23(27)29)22-26-20(13-30-22)17-6-4-3-5-7-17/h3-11,13-14H,12H2,1-2H3,(H,25,28). The molecule has 0 aliphatic rings. The van der Waals surface area contributed by atoms with Gasteiger partial charge >= 0.3 is 0 Å². The van der Waals surface area contributed by atoms with Crippen LogP contribution < -0.4 is 10.9 Å². The molecule has 0 unspecified atom stereocenters. The number of aromatic nitrogens is 3. The second kappa shape index (κ2) is 8.42. The Kier molecular flexibility index (Phi) is 5.54. The summed E-state index contributed by atoms with van der Waals surface area (Å²) in [6, 6.07) is 15.5. The van der Waals surface area contributed by atoms with Crippen LogP contribution in [0.3, 0.4) is 0 Å². The van der Waals surface area contributed by atoms with Crippen LogP contribution in [0.1, 0.15) is 11.1 Å². The summed E-state index contributed by atoms with van der Waals surface area (Å²) in [5.41, 5.74) is 4.81. The molecular weight excluding hydrogens is 396 g/mol. The van der Waals surface area contributed by atoms with Crippen molar-refractivity contribution in [3.8, 4) is 21.8 Å². The van der Waals surface area contributed by atoms with Crippen molar-refractivity contribution in [2.24, 2.45) is 0 Å². The van der Waals surface area contributed by atoms with Crippen molar-refractivity contribution in [3.05, 3.63) is 87.9 Å². The van der Waals surface area contributed by atoms with E-state index in [0.717, 1.165) is 22.4 Å². The zero-order valence-corrected chi connectivity index (χ0v) is 17.4. The summed E-state index contributed by atoms with van der Waals surface area (Å²) in [6.45, 7) is 3.88. The van der Waals surface area contributed by atoms with Crippen LogP contribution in [-0.2, 0) is 11.3 Å². The second-order valence-corrected chi connectivity index (χ2v) is 7.85. The number of thiazole rings is 1. The fourth-order valence-corrected chi connectivity index (χ4v) is 3.85. The number of anilines is 1. The second-order valence-electron chi connectivity index (χ2n) is 6.99. The van der Waals surface area contributed by atoms with Crippen LogP contribution >= 0.6 is 11.3 Å². The van der Waals surface area contributed by atoms with Gasteiger partial charge in [0.2, 0.25) is 5.91 Å². The molecule has 2 aromatic carbocycles. The maximum absolute atomic E-state index is 12.9. The molecule has 0 spiro atoms. The van der Waals surface area contributed by atoms with Gasteiger partial charge in [0, 0.05) is 22.8 Å². The lowest BCUT2D eigenvalue weighted by Gasteiger charge is -2.09. The highest BCUT2D eigenvalue weighted by molar-refractivity contribution is 7.13. The highest BCUT2D eigenvalue weighted by atomic mass is 32.1. The average molecular weight is 417 g/mol. The van der Waals surface area contributed by atoms with Crippen molar-refractivity contribution in [2.45, 2.75) is 20.4 Å². The van der Waals surface area contributed by atoms with Gasteiger partial charge in [-0.25, -0.2) is 9.97 Å². The largest absolute Gasteiger partial charge is 0.325 e. The number of hydrogen-bond acceptors (Lipinski definition) is 5. The first-order valence-corrected chi connectivity index (χ1v) is 10.3. The number of hydrogen-bond donors (Lipinski definition) is 1. The maximum Gasteiger partial charge on any atom is 0.264 e. The smallest absolute Gasteiger partial charge is 0.264 e. The molecule has 4 rings (SSSR count). The van der Waals surface area contributed by atoms with Crippen molar-refractivity contribution in [3.63, 3.8) is 0 Å². The fraction of sp³-hybridized carbons (Fsp3) is 0.130. The number of carbonyl (C=O) groups is 1. The molecule has 0 saturated heterocycles. The summed E-state index contributed by atoms with van der Waals surface area (Å²) in [7, 11) is 0. The van der Waals surface area contributed by atoms with E-state index < -0.39 is 0 Å². The number of benzene rings is 2. The average Bonchev–Trinajstić information content (AvgIpc) is 3.23. The summed E-state index contributed by atoms with van der Waals surface area (Å²) in [6.07, 6.45) is 2.87. The Labute approximate surface area is 177 Å². The van der Waals surface area contributed by atoms with Crippen LogP contribution in [0.5, 0.6) is 0 Å². The van der Waals surface area contributed by atoms with Crippen LogP contribution in [0, 0.1) is 13.8 Å². The van der Waals surface area contributed by atoms with E-state index in [1.165, 1.54) is 28.4 Å². The van der Waals surface area contributed by atoms with Crippen molar-refractivity contribution in [1.82, 2.24) is 14.5 Å². The zero-order valence-electron chi connectivity index (χ0n) is 16.6. The highest BCUT2D eigenvalue weighted by Crippen LogP contribution is 2.26. The molecule has 30 heavy (non-hydrogen) atoms. The first kappa shape index (κ1) is 19.7. The Morgan fingerprint density at radius 1 is 1.10 bits per heavy atom. The Morgan fingerprint density at radius 2 is 1.90 bits per heavy atom. The van der Waals surface area contributed by atoms with Gasteiger partial charge in [-0.2, -0.15) is 0 Å². The lowest BCUT2D eigenvalue weighted by molar-refractivity contribution is -0.116. The minimum Gasteiger partial charge on any atom is -0.325 e. The molecule has 0 bridgehead atoms. The Morgan fingerprint density at radius 3 is 2.67 bits per heavy atom. The zero-order chi connectivity index (χ0) is 21.1. The van der Waals surface area contributed by atoms with E-state index >= 15 is 0 Å². The monoisotopic (exact) mass is 416 g/mol. The van der Waals surface area contributed by atoms with E-state index in [1.54, 1.807) is 0 Å². The predicted octanol–water partition coefficient (Wildman–Crippen LogP) is 4.29. The first-order chi connectivity index (χ1) is 14.5. The number of nitrogens with zero attached hydrogens (tertiary/aromatic N) is 3. The minimum absolute atomic E-state index is 0.122. The van der Waals surface area contributed by atoms with E-state index in [9.17, 15) is 9.59 Å². The van der Waals surface area contributed by atoms with Gasteiger partial charge in [0.15, 0.2) is 0 Å². The molecule has 1 N–H and O–H groups in total. The lowest BCUT2D eigenvalue weighted by atomic mass is 10.1. The molecule has 0 aliphatic carbocycles. The molecule has 150 valence electrons. The molecule has 6 nitrogen and oxygen atoms in total. The molecule has 4 aromatic rings. The summed E-state index contributed by atoms with van der Waals surface area (Å²) >= 11 is 1.38. The molecule has 2 heterocycles. The van der Waals surface area contributed by atoms with E-state index in [0.29, 0.717) is 16.3 Å². The summed E-state index contributed by atoms with van der Waals surface area (Å²) in [5.74, 6) is -0.289. The first-order valence-electron chi connectivity index (χ1n) is 9.44. The summed E-state index contributed by atoms with van der Waals surface area (Å²) < 4.78 is 1.30. The SMILES string of the molecule is Cc1ccc(NC(=O)Cn2cncc(-c3nc(-c4ccccc4)cs3)c2=O)cc1C. The van der Waals surface area contributed by atoms with Gasteiger partial charge in [0.25, 0.3) is 5.56 Å². The fourth-order valence-electron chi connectivity index (χ4n) is 3.02. The summed E-state index contributed by atoms with van der Waals surface area (Å²) in [5, 5.41) is 5.32. The summed E-state index contributed by atoms with van der Waals surface area (Å²) in [4.78, 5) is 34.1. The molecule has 0 fully saturated rings. The topological polar surface area (TPSA) is 76.9 Å². The van der Waals surface area contributed by atoms with Crippen molar-refractivity contribution >= 4 is 22.9 Å². The van der Waals surface area contributed by atoms with Crippen molar-refractivity contribution < 1.29 is 4.79 Å². The van der Waals surface area contributed by atoms with Crippen LogP contribution in [0.4, 0.5) is 5.69 Å². The molecule has 0 radical (unpaired) electrons. The normalized spacial score (nSPS) is 10.7. The lowest BCUT2D eigenvalue weighted by Crippen LogP contribution is -2.28. The van der Waals surface area contributed by atoms with E-state index in [4.69, 9.17) is 0 Å². The quantitative estimate of drug-likeness (QED) is 0.527. The molecule has 0 aliphatic heterocycles. The predicted molar refractivity (Wildman–Crippen MR) is 120 cm³/mol. The van der Waals surface area contributed by atoms with Gasteiger partial charge in [-0.05, 0) is 37.1 Å². The van der Waals surface area contributed by atoms with Crippen LogP contribution in [0.15, 0.2) is 71.2 Å². The van der Waals surface area contributed by atoms with Gasteiger partial charge in [-0.1, -0.05) is 36.4 Å². The highest BCUT2D eigenvalue weighted by Gasteiger charge is 2.14. The van der Waals surface area contributed by atoms with E-state index in [2.05, 4.69) is 15.3 Å². The molecule has 0 saturated carbocycles. The van der Waals surface area contributed by atoms with Gasteiger partial charge in [0.1, 0.15) is 11.6 Å². The maximum atomic E-state index is 12.9. The van der Waals surface area contributed by atoms with Crippen molar-refractivity contribution in [2.75, 3.05) is 5.32 Å². The number of carbonyl (C=O) groups excluding carboxylic acids is 1.